The molecule has 13 rings (SSSR count). The minimum atomic E-state index is -0.606. The molecule has 3 nitrogen and oxygen atoms in total. The molecule has 11 aromatic rings. The fraction of sp³-hybridized carbons (Fsp3) is 0.0169. The van der Waals surface area contributed by atoms with Gasteiger partial charge in [0.15, 0.2) is 5.58 Å². The molecule has 3 heteroatoms. The maximum absolute atomic E-state index is 7.28. The molecule has 0 fully saturated rings. The van der Waals surface area contributed by atoms with Crippen LogP contribution in [0.4, 0.5) is 17.1 Å². The minimum absolute atomic E-state index is 0.606. The standard InChI is InChI=1S/C59H37NO2/c1-3-16-38(17-4-1)39-30-32-42(33-31-39)60(53-27-15-23-47-56-44-21-8-7-20-41(44)36-48(58(56)62-57(47)53)40-18-5-2-6-19-40)43-34-35-46-45-22-9-10-24-49(45)59(52(46)37-43)50-25-11-13-28-54(50)61-55-29-14-12-26-51(55)59/h1-37H. The van der Waals surface area contributed by atoms with Crippen LogP contribution in [0.25, 0.3) is 66.1 Å². The molecule has 1 spiro atoms. The van der Waals surface area contributed by atoms with Gasteiger partial charge in [0.25, 0.3) is 0 Å². The monoisotopic (exact) mass is 791 g/mol. The van der Waals surface area contributed by atoms with Crippen LogP contribution in [0.1, 0.15) is 22.3 Å². The van der Waals surface area contributed by atoms with Crippen LogP contribution < -0.4 is 9.64 Å². The van der Waals surface area contributed by atoms with E-state index in [2.05, 4.69) is 229 Å². The Kier molecular flexibility index (Phi) is 7.52. The molecule has 1 aromatic heterocycles. The van der Waals surface area contributed by atoms with E-state index in [0.29, 0.717) is 0 Å². The molecule has 0 unspecified atom stereocenters. The number of benzene rings is 10. The van der Waals surface area contributed by atoms with Crippen LogP contribution in [0.2, 0.25) is 0 Å². The number of ether oxygens (including phenoxy) is 1. The highest BCUT2D eigenvalue weighted by Crippen LogP contribution is 2.63. The molecule has 2 aliphatic rings. The van der Waals surface area contributed by atoms with Crippen LogP contribution in [-0.4, -0.2) is 0 Å². The molecule has 0 bridgehead atoms. The van der Waals surface area contributed by atoms with E-state index in [9.17, 15) is 0 Å². The smallest absolute Gasteiger partial charge is 0.159 e. The van der Waals surface area contributed by atoms with Gasteiger partial charge in [0, 0.05) is 38.8 Å². The summed E-state index contributed by atoms with van der Waals surface area (Å²) in [6, 6.07) is 80.7. The van der Waals surface area contributed by atoms with Crippen LogP contribution in [0.5, 0.6) is 11.5 Å². The zero-order valence-corrected chi connectivity index (χ0v) is 33.6. The van der Waals surface area contributed by atoms with E-state index < -0.39 is 5.41 Å². The fourth-order valence-electron chi connectivity index (χ4n) is 10.5. The highest BCUT2D eigenvalue weighted by atomic mass is 16.5. The zero-order chi connectivity index (χ0) is 40.8. The second-order valence-corrected chi connectivity index (χ2v) is 16.3. The Morgan fingerprint density at radius 2 is 0.935 bits per heavy atom. The first kappa shape index (κ1) is 34.7. The first-order valence-corrected chi connectivity index (χ1v) is 21.2. The summed E-state index contributed by atoms with van der Waals surface area (Å²) in [5, 5.41) is 4.55. The Labute approximate surface area is 359 Å². The predicted octanol–water partition coefficient (Wildman–Crippen LogP) is 16.0. The lowest BCUT2D eigenvalue weighted by molar-refractivity contribution is 0.436. The summed E-state index contributed by atoms with van der Waals surface area (Å²) in [5.74, 6) is 1.75. The lowest BCUT2D eigenvalue weighted by atomic mass is 9.66. The van der Waals surface area contributed by atoms with Crippen molar-refractivity contribution >= 4 is 49.8 Å². The van der Waals surface area contributed by atoms with Crippen LogP contribution in [0, 0.1) is 0 Å². The Hall–Kier alpha value is -8.14. The topological polar surface area (TPSA) is 25.6 Å². The number of hydrogen-bond donors (Lipinski definition) is 0. The van der Waals surface area contributed by atoms with Crippen molar-refractivity contribution in [1.29, 1.82) is 0 Å². The molecular weight excluding hydrogens is 755 g/mol. The normalized spacial score (nSPS) is 13.1. The number of nitrogens with zero attached hydrogens (tertiary/aromatic N) is 1. The van der Waals surface area contributed by atoms with Crippen LogP contribution in [0.15, 0.2) is 229 Å². The molecule has 0 saturated heterocycles. The molecule has 0 atom stereocenters. The number of para-hydroxylation sites is 3. The molecule has 2 heterocycles. The molecule has 0 saturated carbocycles. The second-order valence-electron chi connectivity index (χ2n) is 16.3. The molecule has 290 valence electrons. The second kappa shape index (κ2) is 13.4. The highest BCUT2D eigenvalue weighted by molar-refractivity contribution is 6.24. The van der Waals surface area contributed by atoms with E-state index in [1.165, 1.54) is 38.6 Å². The van der Waals surface area contributed by atoms with Crippen molar-refractivity contribution in [2.45, 2.75) is 5.41 Å². The van der Waals surface area contributed by atoms with Crippen molar-refractivity contribution in [2.75, 3.05) is 4.90 Å². The van der Waals surface area contributed by atoms with Crippen LogP contribution in [-0.2, 0) is 5.41 Å². The first-order valence-electron chi connectivity index (χ1n) is 21.2. The SMILES string of the molecule is c1ccc(-c2ccc(N(c3ccc4c(c3)C3(c5ccccc5Oc5ccccc53)c3ccccc3-4)c3cccc4c3oc3c(-c5ccccc5)cc5ccccc5c34)cc2)cc1. The van der Waals surface area contributed by atoms with E-state index >= 15 is 0 Å². The number of rotatable bonds is 5. The molecule has 0 amide bonds. The van der Waals surface area contributed by atoms with Gasteiger partial charge in [-0.15, -0.1) is 0 Å². The van der Waals surface area contributed by atoms with Crippen molar-refractivity contribution in [2.24, 2.45) is 0 Å². The summed E-state index contributed by atoms with van der Waals surface area (Å²) < 4.78 is 14.0. The molecule has 1 aliphatic heterocycles. The number of fused-ring (bicyclic) bond motifs is 14. The molecule has 0 radical (unpaired) electrons. The summed E-state index contributed by atoms with van der Waals surface area (Å²) in [7, 11) is 0. The van der Waals surface area contributed by atoms with Crippen molar-refractivity contribution in [1.82, 2.24) is 0 Å². The van der Waals surface area contributed by atoms with Gasteiger partial charge in [0.2, 0.25) is 0 Å². The predicted molar refractivity (Wildman–Crippen MR) is 254 cm³/mol. The van der Waals surface area contributed by atoms with Gasteiger partial charge < -0.3 is 14.1 Å². The van der Waals surface area contributed by atoms with E-state index in [4.69, 9.17) is 9.15 Å². The molecule has 0 N–H and O–H groups in total. The van der Waals surface area contributed by atoms with E-state index in [1.807, 2.05) is 0 Å². The molecule has 1 aliphatic carbocycles. The largest absolute Gasteiger partial charge is 0.457 e. The van der Waals surface area contributed by atoms with E-state index in [0.717, 1.165) is 78.3 Å². The molecule has 62 heavy (non-hydrogen) atoms. The average molecular weight is 792 g/mol. The van der Waals surface area contributed by atoms with Crippen molar-refractivity contribution in [3.63, 3.8) is 0 Å². The summed E-state index contributed by atoms with van der Waals surface area (Å²) in [6.07, 6.45) is 0. The fourth-order valence-corrected chi connectivity index (χ4v) is 10.5. The molecule has 10 aromatic carbocycles. The lowest BCUT2D eigenvalue weighted by Crippen LogP contribution is -2.32. The van der Waals surface area contributed by atoms with Crippen molar-refractivity contribution in [3.8, 4) is 44.9 Å². The third-order valence-corrected chi connectivity index (χ3v) is 13.1. The minimum Gasteiger partial charge on any atom is -0.457 e. The molecular formula is C59H37NO2. The summed E-state index contributed by atoms with van der Waals surface area (Å²) >= 11 is 0. The quantitative estimate of drug-likeness (QED) is 0.174. The van der Waals surface area contributed by atoms with Gasteiger partial charge in [-0.1, -0.05) is 176 Å². The van der Waals surface area contributed by atoms with Gasteiger partial charge in [-0.25, -0.2) is 0 Å². The van der Waals surface area contributed by atoms with Crippen molar-refractivity contribution in [3.05, 3.63) is 247 Å². The van der Waals surface area contributed by atoms with Crippen molar-refractivity contribution < 1.29 is 9.15 Å². The van der Waals surface area contributed by atoms with Gasteiger partial charge in [0.1, 0.15) is 17.1 Å². The van der Waals surface area contributed by atoms with Gasteiger partial charge in [-0.05, 0) is 98.2 Å². The van der Waals surface area contributed by atoms with E-state index in [1.54, 1.807) is 0 Å². The average Bonchev–Trinajstić information content (AvgIpc) is 3.87. The third-order valence-electron chi connectivity index (χ3n) is 13.1. The summed E-state index contributed by atoms with van der Waals surface area (Å²) in [5.41, 5.74) is 15.9. The zero-order valence-electron chi connectivity index (χ0n) is 33.6. The maximum Gasteiger partial charge on any atom is 0.159 e. The Morgan fingerprint density at radius 1 is 0.355 bits per heavy atom. The third kappa shape index (κ3) is 4.94. The Bertz CT molecular complexity index is 3500. The Balaban J connectivity index is 1.10. The van der Waals surface area contributed by atoms with Crippen LogP contribution >= 0.6 is 0 Å². The number of hydrogen-bond acceptors (Lipinski definition) is 3. The number of anilines is 3. The highest BCUT2D eigenvalue weighted by Gasteiger charge is 2.51. The van der Waals surface area contributed by atoms with Gasteiger partial charge >= 0.3 is 0 Å². The number of furan rings is 1. The lowest BCUT2D eigenvalue weighted by Gasteiger charge is -2.39. The summed E-state index contributed by atoms with van der Waals surface area (Å²) in [6.45, 7) is 0. The van der Waals surface area contributed by atoms with Gasteiger partial charge in [-0.2, -0.15) is 0 Å². The van der Waals surface area contributed by atoms with E-state index in [-0.39, 0.29) is 0 Å². The van der Waals surface area contributed by atoms with Gasteiger partial charge in [0.05, 0.1) is 11.1 Å². The Morgan fingerprint density at radius 3 is 1.69 bits per heavy atom. The summed E-state index contributed by atoms with van der Waals surface area (Å²) in [4.78, 5) is 2.39. The van der Waals surface area contributed by atoms with Crippen LogP contribution in [0.3, 0.4) is 0 Å². The first-order chi connectivity index (χ1) is 30.8. The van der Waals surface area contributed by atoms with Gasteiger partial charge in [-0.3, -0.25) is 0 Å². The maximum atomic E-state index is 7.28.